The van der Waals surface area contributed by atoms with E-state index in [2.05, 4.69) is 31.3 Å². The maximum atomic E-state index is 6.07. The molecule has 0 atom stereocenters. The molecule has 0 aliphatic carbocycles. The van der Waals surface area contributed by atoms with Gasteiger partial charge < -0.3 is 5.32 Å². The smallest absolute Gasteiger partial charge is 0.0438 e. The van der Waals surface area contributed by atoms with Crippen LogP contribution in [0.3, 0.4) is 0 Å². The molecule has 0 fully saturated rings. The molecule has 1 N–H and O–H groups in total. The molecule has 1 rings (SSSR count). The fourth-order valence-electron chi connectivity index (χ4n) is 1.46. The molecule has 1 nitrogen and oxygen atoms in total. The molecule has 0 aliphatic heterocycles. The highest BCUT2D eigenvalue weighted by Gasteiger charge is 2.02. The Labute approximate surface area is 91.5 Å². The second-order valence-electron chi connectivity index (χ2n) is 3.70. The molecule has 0 saturated heterocycles. The van der Waals surface area contributed by atoms with Gasteiger partial charge >= 0.3 is 0 Å². The van der Waals surface area contributed by atoms with Crippen molar-refractivity contribution in [2.75, 3.05) is 6.54 Å². The van der Waals surface area contributed by atoms with Crippen molar-refractivity contribution < 1.29 is 0 Å². The molecule has 78 valence electrons. The van der Waals surface area contributed by atoms with Crippen LogP contribution in [-0.4, -0.2) is 6.54 Å². The van der Waals surface area contributed by atoms with Crippen LogP contribution < -0.4 is 5.32 Å². The van der Waals surface area contributed by atoms with Crippen LogP contribution in [0.5, 0.6) is 0 Å². The van der Waals surface area contributed by atoms with E-state index in [9.17, 15) is 0 Å². The van der Waals surface area contributed by atoms with Crippen LogP contribution in [0.15, 0.2) is 12.1 Å². The lowest BCUT2D eigenvalue weighted by Crippen LogP contribution is -2.14. The molecular weight excluding hydrogens is 194 g/mol. The summed E-state index contributed by atoms with van der Waals surface area (Å²) in [4.78, 5) is 0. The van der Waals surface area contributed by atoms with E-state index in [0.717, 1.165) is 23.7 Å². The first kappa shape index (κ1) is 11.5. The lowest BCUT2D eigenvalue weighted by atomic mass is 10.1. The number of hydrogen-bond donors (Lipinski definition) is 1. The Hall–Kier alpha value is -0.530. The van der Waals surface area contributed by atoms with E-state index >= 15 is 0 Å². The van der Waals surface area contributed by atoms with Gasteiger partial charge in [0.1, 0.15) is 0 Å². The molecule has 0 spiro atoms. The average molecular weight is 212 g/mol. The fraction of sp³-hybridized carbons (Fsp3) is 0.500. The minimum atomic E-state index is 0.865. The first-order valence-corrected chi connectivity index (χ1v) is 5.49. The van der Waals surface area contributed by atoms with Gasteiger partial charge in [0, 0.05) is 11.6 Å². The number of rotatable bonds is 4. The minimum Gasteiger partial charge on any atom is -0.313 e. The van der Waals surface area contributed by atoms with Crippen LogP contribution in [0.2, 0.25) is 5.02 Å². The highest BCUT2D eigenvalue weighted by molar-refractivity contribution is 6.31. The van der Waals surface area contributed by atoms with Crippen molar-refractivity contribution in [2.45, 2.75) is 33.7 Å². The van der Waals surface area contributed by atoms with Crippen LogP contribution in [-0.2, 0) is 6.54 Å². The zero-order valence-corrected chi connectivity index (χ0v) is 9.91. The lowest BCUT2D eigenvalue weighted by molar-refractivity contribution is 0.673. The largest absolute Gasteiger partial charge is 0.313 e. The highest BCUT2D eigenvalue weighted by Crippen LogP contribution is 2.20. The Kier molecular flexibility index (Phi) is 4.43. The summed E-state index contributed by atoms with van der Waals surface area (Å²) in [5.41, 5.74) is 3.77. The maximum Gasteiger partial charge on any atom is 0.0438 e. The highest BCUT2D eigenvalue weighted by atomic mass is 35.5. The molecule has 0 aromatic heterocycles. The van der Waals surface area contributed by atoms with E-state index in [1.165, 1.54) is 17.5 Å². The number of benzene rings is 1. The van der Waals surface area contributed by atoms with Crippen molar-refractivity contribution in [3.63, 3.8) is 0 Å². The Morgan fingerprint density at radius 2 is 1.93 bits per heavy atom. The zero-order valence-electron chi connectivity index (χ0n) is 9.15. The van der Waals surface area contributed by atoms with Crippen molar-refractivity contribution in [3.05, 3.63) is 33.8 Å². The standard InChI is InChI=1S/C12H18ClN/c1-4-5-14-8-11-7-12(13)10(3)6-9(11)2/h6-7,14H,4-5,8H2,1-3H3. The maximum absolute atomic E-state index is 6.07. The summed E-state index contributed by atoms with van der Waals surface area (Å²) in [5.74, 6) is 0. The third kappa shape index (κ3) is 3.00. The van der Waals surface area contributed by atoms with Crippen LogP contribution in [0.25, 0.3) is 0 Å². The normalized spacial score (nSPS) is 10.6. The van der Waals surface area contributed by atoms with Crippen LogP contribution in [0.1, 0.15) is 30.0 Å². The predicted octanol–water partition coefficient (Wildman–Crippen LogP) is 3.46. The topological polar surface area (TPSA) is 12.0 Å². The monoisotopic (exact) mass is 211 g/mol. The first-order valence-electron chi connectivity index (χ1n) is 5.11. The molecule has 1 aromatic carbocycles. The van der Waals surface area contributed by atoms with Crippen LogP contribution in [0, 0.1) is 13.8 Å². The average Bonchev–Trinajstić information content (AvgIpc) is 2.14. The summed E-state index contributed by atoms with van der Waals surface area (Å²) in [6.45, 7) is 8.32. The summed E-state index contributed by atoms with van der Waals surface area (Å²) in [7, 11) is 0. The molecule has 2 heteroatoms. The van der Waals surface area contributed by atoms with Crippen LogP contribution in [0.4, 0.5) is 0 Å². The van der Waals surface area contributed by atoms with Gasteiger partial charge in [-0.05, 0) is 49.6 Å². The van der Waals surface area contributed by atoms with Gasteiger partial charge in [-0.3, -0.25) is 0 Å². The summed E-state index contributed by atoms with van der Waals surface area (Å²) in [6.07, 6.45) is 1.17. The summed E-state index contributed by atoms with van der Waals surface area (Å²) in [6, 6.07) is 4.21. The Bertz CT molecular complexity index is 307. The lowest BCUT2D eigenvalue weighted by Gasteiger charge is -2.09. The molecule has 14 heavy (non-hydrogen) atoms. The van der Waals surface area contributed by atoms with Gasteiger partial charge in [0.25, 0.3) is 0 Å². The van der Waals surface area contributed by atoms with Crippen molar-refractivity contribution in [1.29, 1.82) is 0 Å². The number of aryl methyl sites for hydroxylation is 2. The van der Waals surface area contributed by atoms with Gasteiger partial charge in [0.15, 0.2) is 0 Å². The van der Waals surface area contributed by atoms with E-state index in [1.54, 1.807) is 0 Å². The van der Waals surface area contributed by atoms with Crippen LogP contribution >= 0.6 is 11.6 Å². The molecule has 0 unspecified atom stereocenters. The van der Waals surface area contributed by atoms with E-state index in [1.807, 2.05) is 6.92 Å². The zero-order chi connectivity index (χ0) is 10.6. The predicted molar refractivity (Wildman–Crippen MR) is 62.9 cm³/mol. The molecule has 1 aromatic rings. The second-order valence-corrected chi connectivity index (χ2v) is 4.11. The minimum absolute atomic E-state index is 0.865. The Morgan fingerprint density at radius 1 is 1.21 bits per heavy atom. The molecule has 0 heterocycles. The Morgan fingerprint density at radius 3 is 2.57 bits per heavy atom. The van der Waals surface area contributed by atoms with Crippen molar-refractivity contribution in [3.8, 4) is 0 Å². The summed E-state index contributed by atoms with van der Waals surface area (Å²) >= 11 is 6.07. The molecule has 0 radical (unpaired) electrons. The van der Waals surface area contributed by atoms with Crippen molar-refractivity contribution in [1.82, 2.24) is 5.32 Å². The van der Waals surface area contributed by atoms with E-state index in [-0.39, 0.29) is 0 Å². The number of nitrogens with one attached hydrogen (secondary N) is 1. The summed E-state index contributed by atoms with van der Waals surface area (Å²) in [5, 5.41) is 4.24. The van der Waals surface area contributed by atoms with E-state index in [0.29, 0.717) is 0 Å². The third-order valence-electron chi connectivity index (χ3n) is 2.36. The van der Waals surface area contributed by atoms with Gasteiger partial charge in [-0.2, -0.15) is 0 Å². The van der Waals surface area contributed by atoms with Gasteiger partial charge in [-0.1, -0.05) is 24.6 Å². The van der Waals surface area contributed by atoms with Gasteiger partial charge in [-0.25, -0.2) is 0 Å². The molecule has 0 saturated carbocycles. The van der Waals surface area contributed by atoms with Crippen molar-refractivity contribution >= 4 is 11.6 Å². The molecule has 0 aliphatic rings. The Balaban J connectivity index is 2.72. The second kappa shape index (κ2) is 5.38. The number of halogens is 1. The first-order chi connectivity index (χ1) is 6.65. The summed E-state index contributed by atoms with van der Waals surface area (Å²) < 4.78 is 0. The van der Waals surface area contributed by atoms with Gasteiger partial charge in [0.2, 0.25) is 0 Å². The SMILES string of the molecule is CCCNCc1cc(Cl)c(C)cc1C. The quantitative estimate of drug-likeness (QED) is 0.753. The third-order valence-corrected chi connectivity index (χ3v) is 2.77. The van der Waals surface area contributed by atoms with E-state index < -0.39 is 0 Å². The van der Waals surface area contributed by atoms with Crippen molar-refractivity contribution in [2.24, 2.45) is 0 Å². The molecule has 0 bridgehead atoms. The number of hydrogen-bond acceptors (Lipinski definition) is 1. The fourth-order valence-corrected chi connectivity index (χ4v) is 1.64. The van der Waals surface area contributed by atoms with Gasteiger partial charge in [-0.15, -0.1) is 0 Å². The van der Waals surface area contributed by atoms with Gasteiger partial charge in [0.05, 0.1) is 0 Å². The molecule has 0 amide bonds. The molecular formula is C12H18ClN. The van der Waals surface area contributed by atoms with E-state index in [4.69, 9.17) is 11.6 Å².